The van der Waals surface area contributed by atoms with E-state index >= 15 is 0 Å². The molecule has 0 bridgehead atoms. The molecule has 0 fully saturated rings. The monoisotopic (exact) mass is 762 g/mol. The highest BCUT2D eigenvalue weighted by Crippen LogP contribution is 2.64. The molecule has 1 spiro atoms. The SMILES string of the molecule is c1ccc(-c2nc(-c3ccc(-c4cccc5c4oc4ccccc45)cc3)cc(-c3cccc4c3-c3ccccc3C43c4ccccc4-c4c3ccc3ccccc43)n2)cc1. The number of benzene rings is 9. The first-order chi connectivity index (χ1) is 29.8. The lowest BCUT2D eigenvalue weighted by atomic mass is 9.70. The van der Waals surface area contributed by atoms with Crippen molar-refractivity contribution in [3.05, 3.63) is 229 Å². The van der Waals surface area contributed by atoms with Gasteiger partial charge in [-0.1, -0.05) is 194 Å². The topological polar surface area (TPSA) is 38.9 Å². The molecule has 0 N–H and O–H groups in total. The van der Waals surface area contributed by atoms with Crippen LogP contribution >= 0.6 is 0 Å². The van der Waals surface area contributed by atoms with Gasteiger partial charge in [-0.3, -0.25) is 0 Å². The lowest BCUT2D eigenvalue weighted by Crippen LogP contribution is -2.25. The van der Waals surface area contributed by atoms with E-state index in [0.29, 0.717) is 5.82 Å². The molecule has 3 nitrogen and oxygen atoms in total. The van der Waals surface area contributed by atoms with E-state index in [9.17, 15) is 0 Å². The van der Waals surface area contributed by atoms with E-state index in [1.54, 1.807) is 0 Å². The largest absolute Gasteiger partial charge is 0.455 e. The number of fused-ring (bicyclic) bond motifs is 15. The van der Waals surface area contributed by atoms with Crippen molar-refractivity contribution in [2.24, 2.45) is 0 Å². The molecule has 0 aliphatic heterocycles. The average Bonchev–Trinajstić information content (AvgIpc) is 3.96. The van der Waals surface area contributed by atoms with E-state index in [0.717, 1.165) is 61.1 Å². The molecule has 13 rings (SSSR count). The van der Waals surface area contributed by atoms with Crippen molar-refractivity contribution in [3.8, 4) is 67.3 Å². The predicted molar refractivity (Wildman–Crippen MR) is 245 cm³/mol. The van der Waals surface area contributed by atoms with Gasteiger partial charge >= 0.3 is 0 Å². The molecule has 2 aliphatic carbocycles. The summed E-state index contributed by atoms with van der Waals surface area (Å²) in [6.45, 7) is 0. The third-order valence-corrected chi connectivity index (χ3v) is 12.9. The van der Waals surface area contributed by atoms with Crippen LogP contribution in [-0.4, -0.2) is 9.97 Å². The minimum atomic E-state index is -0.478. The fourth-order valence-corrected chi connectivity index (χ4v) is 10.4. The van der Waals surface area contributed by atoms with Gasteiger partial charge in [0.15, 0.2) is 5.82 Å². The predicted octanol–water partition coefficient (Wildman–Crippen LogP) is 14.5. The van der Waals surface area contributed by atoms with Crippen LogP contribution in [-0.2, 0) is 5.41 Å². The molecule has 60 heavy (non-hydrogen) atoms. The van der Waals surface area contributed by atoms with Crippen LogP contribution in [0.4, 0.5) is 0 Å². The van der Waals surface area contributed by atoms with E-state index in [1.807, 2.05) is 18.2 Å². The Kier molecular flexibility index (Phi) is 6.93. The number of furan rings is 1. The van der Waals surface area contributed by atoms with Crippen molar-refractivity contribution < 1.29 is 4.42 Å². The van der Waals surface area contributed by atoms with Crippen molar-refractivity contribution >= 4 is 32.7 Å². The highest BCUT2D eigenvalue weighted by molar-refractivity contribution is 6.10. The number of hydrogen-bond donors (Lipinski definition) is 0. The fourth-order valence-electron chi connectivity index (χ4n) is 10.4. The molecular formula is C57H34N2O. The zero-order valence-electron chi connectivity index (χ0n) is 32.4. The highest BCUT2D eigenvalue weighted by atomic mass is 16.3. The molecule has 0 saturated heterocycles. The molecule has 2 heterocycles. The van der Waals surface area contributed by atoms with Crippen LogP contribution in [0, 0.1) is 0 Å². The molecule has 11 aromatic rings. The Hall–Kier alpha value is -7.88. The van der Waals surface area contributed by atoms with E-state index in [1.165, 1.54) is 55.3 Å². The first-order valence-corrected chi connectivity index (χ1v) is 20.6. The minimum Gasteiger partial charge on any atom is -0.455 e. The second-order valence-corrected chi connectivity index (χ2v) is 16.0. The first kappa shape index (κ1) is 33.1. The molecule has 1 unspecified atom stereocenters. The van der Waals surface area contributed by atoms with Crippen LogP contribution in [0.5, 0.6) is 0 Å². The van der Waals surface area contributed by atoms with E-state index in [4.69, 9.17) is 14.4 Å². The number of nitrogens with zero attached hydrogens (tertiary/aromatic N) is 2. The third-order valence-electron chi connectivity index (χ3n) is 12.9. The van der Waals surface area contributed by atoms with Gasteiger partial charge in [-0.25, -0.2) is 9.97 Å². The van der Waals surface area contributed by atoms with Crippen molar-refractivity contribution in [1.29, 1.82) is 0 Å². The summed E-state index contributed by atoms with van der Waals surface area (Å²) in [5.74, 6) is 0.695. The summed E-state index contributed by atoms with van der Waals surface area (Å²) < 4.78 is 6.42. The second kappa shape index (κ2) is 12.6. The maximum absolute atomic E-state index is 6.42. The summed E-state index contributed by atoms with van der Waals surface area (Å²) in [6, 6.07) is 74.2. The number of hydrogen-bond acceptors (Lipinski definition) is 3. The molecule has 2 aromatic heterocycles. The number of rotatable bonds is 4. The van der Waals surface area contributed by atoms with Crippen molar-refractivity contribution in [2.45, 2.75) is 5.41 Å². The van der Waals surface area contributed by atoms with Crippen LogP contribution in [0.1, 0.15) is 22.3 Å². The van der Waals surface area contributed by atoms with Crippen LogP contribution in [0.25, 0.3) is 100.0 Å². The fraction of sp³-hybridized carbons (Fsp3) is 0.0175. The van der Waals surface area contributed by atoms with Gasteiger partial charge in [0.2, 0.25) is 0 Å². The number of aromatic nitrogens is 2. The van der Waals surface area contributed by atoms with Gasteiger partial charge < -0.3 is 4.42 Å². The molecule has 278 valence electrons. The summed E-state index contributed by atoms with van der Waals surface area (Å²) in [4.78, 5) is 10.6. The highest BCUT2D eigenvalue weighted by Gasteiger charge is 2.52. The molecule has 0 amide bonds. The van der Waals surface area contributed by atoms with E-state index in [-0.39, 0.29) is 0 Å². The molecule has 0 saturated carbocycles. The van der Waals surface area contributed by atoms with Crippen LogP contribution in [0.15, 0.2) is 211 Å². The summed E-state index contributed by atoms with van der Waals surface area (Å²) in [7, 11) is 0. The Bertz CT molecular complexity index is 3550. The van der Waals surface area contributed by atoms with Crippen molar-refractivity contribution in [1.82, 2.24) is 9.97 Å². The van der Waals surface area contributed by atoms with Gasteiger partial charge in [0, 0.05) is 33.0 Å². The summed E-state index contributed by atoms with van der Waals surface area (Å²) >= 11 is 0. The van der Waals surface area contributed by atoms with Gasteiger partial charge in [-0.15, -0.1) is 0 Å². The lowest BCUT2D eigenvalue weighted by Gasteiger charge is -2.30. The molecular weight excluding hydrogens is 729 g/mol. The summed E-state index contributed by atoms with van der Waals surface area (Å²) in [6.07, 6.45) is 0. The van der Waals surface area contributed by atoms with Crippen LogP contribution in [0.2, 0.25) is 0 Å². The standard InChI is InChI=1S/C57H34N2O/c1-2-15-38(16-3-1)56-58-50(37-30-28-36(29-31-37)40-21-12-22-42-41-18-8-11-27-52(41)60-55(40)42)34-51(59-56)45-23-13-26-48-54(45)44-20-7-10-25-47(44)57(48)46-24-9-6-19-43(46)53-39-17-5-4-14-35(39)32-33-49(53)57/h1-34H. The maximum atomic E-state index is 6.42. The van der Waals surface area contributed by atoms with Crippen molar-refractivity contribution in [2.75, 3.05) is 0 Å². The quantitative estimate of drug-likeness (QED) is 0.179. The molecule has 0 radical (unpaired) electrons. The van der Waals surface area contributed by atoms with Crippen LogP contribution < -0.4 is 0 Å². The molecule has 1 atom stereocenters. The Labute approximate surface area is 346 Å². The van der Waals surface area contributed by atoms with Gasteiger partial charge in [0.05, 0.1) is 16.8 Å². The summed E-state index contributed by atoms with van der Waals surface area (Å²) in [5.41, 5.74) is 18.7. The summed E-state index contributed by atoms with van der Waals surface area (Å²) in [5, 5.41) is 4.79. The van der Waals surface area contributed by atoms with Gasteiger partial charge in [0.25, 0.3) is 0 Å². The smallest absolute Gasteiger partial charge is 0.160 e. The Morgan fingerprint density at radius 1 is 0.350 bits per heavy atom. The second-order valence-electron chi connectivity index (χ2n) is 16.0. The zero-order valence-corrected chi connectivity index (χ0v) is 32.4. The Morgan fingerprint density at radius 2 is 0.933 bits per heavy atom. The van der Waals surface area contributed by atoms with Crippen LogP contribution in [0.3, 0.4) is 0 Å². The normalized spacial score (nSPS) is 14.7. The zero-order chi connectivity index (χ0) is 39.4. The lowest BCUT2D eigenvalue weighted by molar-refractivity contribution is 0.670. The first-order valence-electron chi connectivity index (χ1n) is 20.6. The van der Waals surface area contributed by atoms with E-state index in [2.05, 4.69) is 188 Å². The van der Waals surface area contributed by atoms with Gasteiger partial charge in [-0.05, 0) is 73.0 Å². The maximum Gasteiger partial charge on any atom is 0.160 e. The molecule has 2 aliphatic rings. The average molecular weight is 763 g/mol. The Balaban J connectivity index is 1.02. The Morgan fingerprint density at radius 3 is 1.77 bits per heavy atom. The van der Waals surface area contributed by atoms with E-state index < -0.39 is 5.41 Å². The third kappa shape index (κ3) is 4.54. The van der Waals surface area contributed by atoms with Crippen molar-refractivity contribution in [3.63, 3.8) is 0 Å². The van der Waals surface area contributed by atoms with Gasteiger partial charge in [0.1, 0.15) is 11.2 Å². The van der Waals surface area contributed by atoms with Gasteiger partial charge in [-0.2, -0.15) is 0 Å². The molecule has 9 aromatic carbocycles. The number of para-hydroxylation sites is 2. The molecule has 3 heteroatoms. The minimum absolute atomic E-state index is 0.478.